The van der Waals surface area contributed by atoms with Crippen molar-refractivity contribution in [1.82, 2.24) is 9.47 Å². The first-order valence-corrected chi connectivity index (χ1v) is 13.9. The van der Waals surface area contributed by atoms with E-state index in [9.17, 15) is 19.6 Å². The van der Waals surface area contributed by atoms with Crippen molar-refractivity contribution in [3.63, 3.8) is 0 Å². The van der Waals surface area contributed by atoms with Gasteiger partial charge >= 0.3 is 5.97 Å². The van der Waals surface area contributed by atoms with Crippen LogP contribution in [0.15, 0.2) is 9.70 Å². The molecule has 10 heteroatoms. The number of ether oxygens (including phenoxy) is 1. The number of thioether (sulfide) groups is 1. The van der Waals surface area contributed by atoms with E-state index in [1.54, 1.807) is 29.4 Å². The van der Waals surface area contributed by atoms with Gasteiger partial charge in [-0.25, -0.2) is 0 Å². The quantitative estimate of drug-likeness (QED) is 0.266. The molecular formula is C26H34N4O4S2. The monoisotopic (exact) mass is 530 g/mol. The highest BCUT2D eigenvalue weighted by atomic mass is 32.2. The van der Waals surface area contributed by atoms with Crippen LogP contribution < -0.4 is 10.5 Å². The van der Waals surface area contributed by atoms with Crippen LogP contribution in [0.4, 0.5) is 5.82 Å². The summed E-state index contributed by atoms with van der Waals surface area (Å²) in [6.07, 6.45) is 5.67. The van der Waals surface area contributed by atoms with Crippen LogP contribution in [0.1, 0.15) is 69.6 Å². The highest BCUT2D eigenvalue weighted by Gasteiger charge is 2.34. The molecule has 3 rings (SSSR count). The van der Waals surface area contributed by atoms with Crippen LogP contribution in [-0.4, -0.2) is 51.9 Å². The Hall–Kier alpha value is -2.64. The van der Waals surface area contributed by atoms with Gasteiger partial charge in [-0.05, 0) is 51.2 Å². The summed E-state index contributed by atoms with van der Waals surface area (Å²) in [5.74, 6) is -0.0539. The summed E-state index contributed by atoms with van der Waals surface area (Å²) in [7, 11) is 0. The van der Waals surface area contributed by atoms with Crippen LogP contribution in [0, 0.1) is 24.2 Å². The van der Waals surface area contributed by atoms with Crippen LogP contribution in [0.3, 0.4) is 0 Å². The van der Waals surface area contributed by atoms with E-state index in [2.05, 4.69) is 11.0 Å². The predicted octanol–water partition coefficient (Wildman–Crippen LogP) is 4.22. The second-order valence-electron chi connectivity index (χ2n) is 9.03. The van der Waals surface area contributed by atoms with E-state index in [4.69, 9.17) is 17.0 Å². The number of thiocarbonyl (C=S) groups is 1. The standard InChI is InChI=1S/C26H34N4O4S2/c1-5-8-13-29-22(28-12-9-10-18(16-28)25(33)34-7-3)19(17(4)20(15-27)23(29)31)14-21-24(32)30(11-6-2)26(35)36-21/h14,18H,5-13,16H2,1-4H3/b21-14-. The highest BCUT2D eigenvalue weighted by molar-refractivity contribution is 8.26. The molecule has 1 amide bonds. The maximum atomic E-state index is 13.5. The summed E-state index contributed by atoms with van der Waals surface area (Å²) < 4.78 is 7.45. The molecule has 8 nitrogen and oxygen atoms in total. The van der Waals surface area contributed by atoms with Crippen LogP contribution in [0.2, 0.25) is 0 Å². The van der Waals surface area contributed by atoms with Gasteiger partial charge in [-0.1, -0.05) is 44.2 Å². The van der Waals surface area contributed by atoms with Crippen molar-refractivity contribution in [2.45, 2.75) is 66.3 Å². The van der Waals surface area contributed by atoms with Gasteiger partial charge in [0.1, 0.15) is 21.8 Å². The summed E-state index contributed by atoms with van der Waals surface area (Å²) in [4.78, 5) is 43.3. The lowest BCUT2D eigenvalue weighted by atomic mass is 9.96. The lowest BCUT2D eigenvalue weighted by molar-refractivity contribution is -0.148. The number of unbranched alkanes of at least 4 members (excludes halogenated alkanes) is 1. The molecule has 1 unspecified atom stereocenters. The molecule has 1 atom stereocenters. The van der Waals surface area contributed by atoms with Crippen molar-refractivity contribution in [3.8, 4) is 6.07 Å². The van der Waals surface area contributed by atoms with Gasteiger partial charge in [0, 0.05) is 31.7 Å². The van der Waals surface area contributed by atoms with Crippen molar-refractivity contribution >= 4 is 52.1 Å². The van der Waals surface area contributed by atoms with E-state index in [0.717, 1.165) is 32.1 Å². The molecule has 0 aromatic carbocycles. The van der Waals surface area contributed by atoms with E-state index >= 15 is 0 Å². The van der Waals surface area contributed by atoms with E-state index < -0.39 is 0 Å². The van der Waals surface area contributed by atoms with E-state index in [1.165, 1.54) is 11.8 Å². The average molecular weight is 531 g/mol. The van der Waals surface area contributed by atoms with Crippen molar-refractivity contribution in [2.75, 3.05) is 31.1 Å². The Morgan fingerprint density at radius 3 is 2.64 bits per heavy atom. The van der Waals surface area contributed by atoms with Gasteiger partial charge < -0.3 is 9.64 Å². The molecular weight excluding hydrogens is 496 g/mol. The van der Waals surface area contributed by atoms with E-state index in [-0.39, 0.29) is 28.9 Å². The number of anilines is 1. The summed E-state index contributed by atoms with van der Waals surface area (Å²) in [6.45, 7) is 9.94. The number of nitrogens with zero attached hydrogens (tertiary/aromatic N) is 4. The second-order valence-corrected chi connectivity index (χ2v) is 10.7. The topological polar surface area (TPSA) is 95.6 Å². The van der Waals surface area contributed by atoms with Gasteiger partial charge in [-0.15, -0.1) is 0 Å². The van der Waals surface area contributed by atoms with Crippen molar-refractivity contribution in [2.24, 2.45) is 5.92 Å². The summed E-state index contributed by atoms with van der Waals surface area (Å²) in [6, 6.07) is 2.09. The number of hydrogen-bond donors (Lipinski definition) is 0. The molecule has 3 heterocycles. The van der Waals surface area contributed by atoms with Crippen LogP contribution in [0.25, 0.3) is 6.08 Å². The summed E-state index contributed by atoms with van der Waals surface area (Å²) >= 11 is 6.69. The third-order valence-corrected chi connectivity index (χ3v) is 7.90. The molecule has 0 saturated carbocycles. The normalized spacial score (nSPS) is 19.2. The largest absolute Gasteiger partial charge is 0.466 e. The van der Waals surface area contributed by atoms with Crippen LogP contribution >= 0.6 is 24.0 Å². The number of esters is 1. The average Bonchev–Trinajstić information content (AvgIpc) is 3.13. The molecule has 1 aromatic rings. The molecule has 0 spiro atoms. The number of carbonyl (C=O) groups is 2. The highest BCUT2D eigenvalue weighted by Crippen LogP contribution is 2.37. The fourth-order valence-corrected chi connectivity index (χ4v) is 5.97. The summed E-state index contributed by atoms with van der Waals surface area (Å²) in [5, 5.41) is 9.86. The molecule has 2 saturated heterocycles. The Bertz CT molecular complexity index is 1170. The minimum atomic E-state index is -0.340. The molecule has 194 valence electrons. The van der Waals surface area contributed by atoms with Crippen LogP contribution in [-0.2, 0) is 20.9 Å². The zero-order valence-corrected chi connectivity index (χ0v) is 23.1. The molecule has 36 heavy (non-hydrogen) atoms. The molecule has 2 aliphatic rings. The number of nitriles is 1. The number of carbonyl (C=O) groups excluding carboxylic acids is 2. The number of pyridine rings is 1. The zero-order chi connectivity index (χ0) is 26.4. The van der Waals surface area contributed by atoms with Gasteiger partial charge in [0.15, 0.2) is 0 Å². The fourth-order valence-electron chi connectivity index (χ4n) is 4.68. The number of amides is 1. The molecule has 0 bridgehead atoms. The smallest absolute Gasteiger partial charge is 0.310 e. The third kappa shape index (κ3) is 5.68. The number of hydrogen-bond acceptors (Lipinski definition) is 8. The van der Waals surface area contributed by atoms with Crippen molar-refractivity contribution in [1.29, 1.82) is 5.26 Å². The van der Waals surface area contributed by atoms with Gasteiger partial charge in [0.25, 0.3) is 11.5 Å². The van der Waals surface area contributed by atoms with Gasteiger partial charge in [0.05, 0.1) is 17.4 Å². The molecule has 0 aliphatic carbocycles. The first kappa shape index (κ1) is 27.9. The Kier molecular flexibility index (Phi) is 9.74. The first-order chi connectivity index (χ1) is 17.3. The van der Waals surface area contributed by atoms with Gasteiger partial charge in [-0.2, -0.15) is 5.26 Å². The Labute approximate surface area is 222 Å². The molecule has 2 aliphatic heterocycles. The third-order valence-electron chi connectivity index (χ3n) is 6.52. The number of aromatic nitrogens is 1. The minimum absolute atomic E-state index is 0.0732. The van der Waals surface area contributed by atoms with E-state index in [1.807, 2.05) is 13.8 Å². The summed E-state index contributed by atoms with van der Waals surface area (Å²) in [5.41, 5.74) is 0.921. The number of rotatable bonds is 9. The first-order valence-electron chi connectivity index (χ1n) is 12.6. The Balaban J connectivity index is 2.20. The fraction of sp³-hybridized carbons (Fsp3) is 0.577. The Morgan fingerprint density at radius 1 is 1.25 bits per heavy atom. The van der Waals surface area contributed by atoms with Crippen molar-refractivity contribution in [3.05, 3.63) is 31.9 Å². The molecule has 2 fully saturated rings. The second kappa shape index (κ2) is 12.5. The lowest BCUT2D eigenvalue weighted by Gasteiger charge is -2.36. The molecule has 1 aromatic heterocycles. The SMILES string of the molecule is CCCCn1c(N2CCCC(C(=O)OCC)C2)c(/C=C2\SC(=S)N(CCC)C2=O)c(C)c(C#N)c1=O. The maximum Gasteiger partial charge on any atom is 0.310 e. The molecule has 0 radical (unpaired) electrons. The maximum absolute atomic E-state index is 13.5. The number of piperidine rings is 1. The van der Waals surface area contributed by atoms with Gasteiger partial charge in [-0.3, -0.25) is 23.9 Å². The van der Waals surface area contributed by atoms with Gasteiger partial charge in [0.2, 0.25) is 0 Å². The predicted molar refractivity (Wildman–Crippen MR) is 147 cm³/mol. The van der Waals surface area contributed by atoms with Crippen molar-refractivity contribution < 1.29 is 14.3 Å². The minimum Gasteiger partial charge on any atom is -0.466 e. The molecule has 0 N–H and O–H groups in total. The van der Waals surface area contributed by atoms with E-state index in [0.29, 0.717) is 59.0 Å². The zero-order valence-electron chi connectivity index (χ0n) is 21.5. The lowest BCUT2D eigenvalue weighted by Crippen LogP contribution is -2.43. The Morgan fingerprint density at radius 2 is 2.00 bits per heavy atom. The van der Waals surface area contributed by atoms with Crippen LogP contribution in [0.5, 0.6) is 0 Å².